The molecule has 1 aromatic heterocycles. The van der Waals surface area contributed by atoms with Crippen LogP contribution in [0.25, 0.3) is 0 Å². The van der Waals surface area contributed by atoms with Gasteiger partial charge >= 0.3 is 0 Å². The lowest BCUT2D eigenvalue weighted by molar-refractivity contribution is 0.102. The minimum atomic E-state index is -0.373. The molecule has 0 radical (unpaired) electrons. The van der Waals surface area contributed by atoms with Crippen LogP contribution in [0.5, 0.6) is 0 Å². The summed E-state index contributed by atoms with van der Waals surface area (Å²) in [6, 6.07) is 6.43. The van der Waals surface area contributed by atoms with E-state index in [0.29, 0.717) is 21.4 Å². The Morgan fingerprint density at radius 3 is 2.63 bits per heavy atom. The molecule has 0 fully saturated rings. The molecule has 0 saturated carbocycles. The molecule has 0 saturated heterocycles. The number of hydrogen-bond donors (Lipinski definition) is 2. The van der Waals surface area contributed by atoms with Crippen LogP contribution in [0.3, 0.4) is 0 Å². The van der Waals surface area contributed by atoms with Gasteiger partial charge in [0.25, 0.3) is 5.91 Å². The van der Waals surface area contributed by atoms with Crippen LogP contribution in [-0.2, 0) is 0 Å². The molecule has 0 spiro atoms. The fourth-order valence-electron chi connectivity index (χ4n) is 1.47. The van der Waals surface area contributed by atoms with E-state index in [1.54, 1.807) is 18.2 Å². The lowest BCUT2D eigenvalue weighted by Gasteiger charge is -2.09. The number of carbonyl (C=O) groups is 1. The third kappa shape index (κ3) is 3.16. The Labute approximate surface area is 120 Å². The number of nitrogens with two attached hydrogens (primary N) is 1. The molecule has 98 valence electrons. The summed E-state index contributed by atoms with van der Waals surface area (Å²) in [5, 5.41) is 3.61. The van der Waals surface area contributed by atoms with E-state index in [-0.39, 0.29) is 11.6 Å². The largest absolute Gasteiger partial charge is 0.397 e. The van der Waals surface area contributed by atoms with E-state index in [0.717, 1.165) is 5.56 Å². The van der Waals surface area contributed by atoms with Crippen molar-refractivity contribution in [2.45, 2.75) is 6.92 Å². The number of aromatic nitrogens is 1. The van der Waals surface area contributed by atoms with Crippen molar-refractivity contribution in [3.05, 3.63) is 51.8 Å². The van der Waals surface area contributed by atoms with Gasteiger partial charge in [-0.1, -0.05) is 23.2 Å². The van der Waals surface area contributed by atoms with Crippen LogP contribution in [0, 0.1) is 6.92 Å². The van der Waals surface area contributed by atoms with Gasteiger partial charge in [0, 0.05) is 5.02 Å². The van der Waals surface area contributed by atoms with Crippen molar-refractivity contribution in [3.8, 4) is 0 Å². The third-order valence-electron chi connectivity index (χ3n) is 2.52. The molecule has 0 unspecified atom stereocenters. The number of pyridine rings is 1. The number of rotatable bonds is 2. The predicted molar refractivity (Wildman–Crippen MR) is 77.8 cm³/mol. The molecule has 2 rings (SSSR count). The van der Waals surface area contributed by atoms with Crippen LogP contribution in [0.2, 0.25) is 10.0 Å². The maximum atomic E-state index is 12.0. The van der Waals surface area contributed by atoms with Crippen LogP contribution in [0.15, 0.2) is 30.5 Å². The first kappa shape index (κ1) is 13.6. The van der Waals surface area contributed by atoms with Crippen molar-refractivity contribution in [2.75, 3.05) is 11.1 Å². The van der Waals surface area contributed by atoms with Crippen molar-refractivity contribution in [2.24, 2.45) is 0 Å². The molecule has 0 aliphatic heterocycles. The minimum Gasteiger partial charge on any atom is -0.397 e. The molecule has 6 heteroatoms. The van der Waals surface area contributed by atoms with Crippen LogP contribution in [0.1, 0.15) is 16.1 Å². The number of anilines is 2. The molecule has 0 aliphatic carbocycles. The van der Waals surface area contributed by atoms with Crippen LogP contribution in [0.4, 0.5) is 11.4 Å². The molecule has 0 bridgehead atoms. The SMILES string of the molecule is Cc1cc(Cl)c(NC(=O)c2ccc(N)cn2)cc1Cl. The average molecular weight is 296 g/mol. The Balaban J connectivity index is 2.24. The number of hydrogen-bond acceptors (Lipinski definition) is 3. The molecule has 2 aromatic rings. The number of benzene rings is 1. The first-order valence-corrected chi connectivity index (χ1v) is 6.21. The normalized spacial score (nSPS) is 10.3. The van der Waals surface area contributed by atoms with E-state index in [9.17, 15) is 4.79 Å². The van der Waals surface area contributed by atoms with Gasteiger partial charge in [-0.15, -0.1) is 0 Å². The summed E-state index contributed by atoms with van der Waals surface area (Å²) in [5.41, 5.74) is 7.54. The quantitative estimate of drug-likeness (QED) is 0.890. The Kier molecular flexibility index (Phi) is 3.93. The van der Waals surface area contributed by atoms with Gasteiger partial charge in [-0.3, -0.25) is 4.79 Å². The molecule has 1 aromatic carbocycles. The van der Waals surface area contributed by atoms with Gasteiger partial charge in [0.05, 0.1) is 22.6 Å². The zero-order chi connectivity index (χ0) is 14.0. The van der Waals surface area contributed by atoms with E-state index in [2.05, 4.69) is 10.3 Å². The molecule has 3 N–H and O–H groups in total. The van der Waals surface area contributed by atoms with E-state index in [1.165, 1.54) is 12.3 Å². The maximum Gasteiger partial charge on any atom is 0.274 e. The number of amides is 1. The Hall–Kier alpha value is -1.78. The summed E-state index contributed by atoms with van der Waals surface area (Å²) in [6.45, 7) is 1.83. The summed E-state index contributed by atoms with van der Waals surface area (Å²) in [6.07, 6.45) is 1.42. The Morgan fingerprint density at radius 1 is 1.26 bits per heavy atom. The third-order valence-corrected chi connectivity index (χ3v) is 3.24. The molecule has 1 amide bonds. The first-order chi connectivity index (χ1) is 8.97. The highest BCUT2D eigenvalue weighted by molar-refractivity contribution is 6.36. The average Bonchev–Trinajstić information content (AvgIpc) is 2.36. The van der Waals surface area contributed by atoms with Crippen molar-refractivity contribution < 1.29 is 4.79 Å². The molecule has 19 heavy (non-hydrogen) atoms. The van der Waals surface area contributed by atoms with Gasteiger partial charge in [-0.25, -0.2) is 4.98 Å². The first-order valence-electron chi connectivity index (χ1n) is 5.46. The fraction of sp³-hybridized carbons (Fsp3) is 0.0769. The highest BCUT2D eigenvalue weighted by atomic mass is 35.5. The molecule has 0 aliphatic rings. The van der Waals surface area contributed by atoms with Crippen molar-refractivity contribution in [1.29, 1.82) is 0 Å². The highest BCUT2D eigenvalue weighted by Crippen LogP contribution is 2.29. The number of aryl methyl sites for hydroxylation is 1. The van der Waals surface area contributed by atoms with Gasteiger partial charge in [-0.2, -0.15) is 0 Å². The van der Waals surface area contributed by atoms with E-state index < -0.39 is 0 Å². The number of carbonyl (C=O) groups excluding carboxylic acids is 1. The van der Waals surface area contributed by atoms with E-state index in [1.807, 2.05) is 6.92 Å². The predicted octanol–water partition coefficient (Wildman–Crippen LogP) is 3.53. The van der Waals surface area contributed by atoms with E-state index in [4.69, 9.17) is 28.9 Å². The summed E-state index contributed by atoms with van der Waals surface area (Å²) in [4.78, 5) is 15.9. The second-order valence-corrected chi connectivity index (χ2v) is 4.83. The summed E-state index contributed by atoms with van der Waals surface area (Å²) in [7, 11) is 0. The number of nitrogens with zero attached hydrogens (tertiary/aromatic N) is 1. The summed E-state index contributed by atoms with van der Waals surface area (Å²) >= 11 is 12.0. The van der Waals surface area contributed by atoms with Crippen LogP contribution >= 0.6 is 23.2 Å². The monoisotopic (exact) mass is 295 g/mol. The van der Waals surface area contributed by atoms with Gasteiger partial charge in [0.15, 0.2) is 0 Å². The zero-order valence-electron chi connectivity index (χ0n) is 10.1. The molecule has 4 nitrogen and oxygen atoms in total. The second kappa shape index (κ2) is 5.47. The number of nitrogens with one attached hydrogen (secondary N) is 1. The van der Waals surface area contributed by atoms with Crippen molar-refractivity contribution in [1.82, 2.24) is 4.98 Å². The zero-order valence-corrected chi connectivity index (χ0v) is 11.6. The highest BCUT2D eigenvalue weighted by Gasteiger charge is 2.11. The van der Waals surface area contributed by atoms with Crippen molar-refractivity contribution >= 4 is 40.5 Å². The Bertz CT molecular complexity index is 627. The topological polar surface area (TPSA) is 68.0 Å². The lowest BCUT2D eigenvalue weighted by atomic mass is 10.2. The standard InChI is InChI=1S/C13H11Cl2N3O/c1-7-4-10(15)12(5-9(7)14)18-13(19)11-3-2-8(16)6-17-11/h2-6H,16H2,1H3,(H,18,19). The lowest BCUT2D eigenvalue weighted by Crippen LogP contribution is -2.14. The molecule has 0 atom stereocenters. The molecular formula is C13H11Cl2N3O. The van der Waals surface area contributed by atoms with Crippen LogP contribution in [-0.4, -0.2) is 10.9 Å². The van der Waals surface area contributed by atoms with Gasteiger partial charge in [0.1, 0.15) is 5.69 Å². The number of nitrogen functional groups attached to an aromatic ring is 1. The summed E-state index contributed by atoms with van der Waals surface area (Å²) in [5.74, 6) is -0.373. The maximum absolute atomic E-state index is 12.0. The number of halogens is 2. The smallest absolute Gasteiger partial charge is 0.274 e. The Morgan fingerprint density at radius 2 is 2.00 bits per heavy atom. The van der Waals surface area contributed by atoms with Gasteiger partial charge in [-0.05, 0) is 36.8 Å². The van der Waals surface area contributed by atoms with Gasteiger partial charge < -0.3 is 11.1 Å². The second-order valence-electron chi connectivity index (χ2n) is 4.01. The van der Waals surface area contributed by atoms with E-state index >= 15 is 0 Å². The fourth-order valence-corrected chi connectivity index (χ4v) is 1.90. The van der Waals surface area contributed by atoms with Crippen molar-refractivity contribution in [3.63, 3.8) is 0 Å². The molecular weight excluding hydrogens is 285 g/mol. The minimum absolute atomic E-state index is 0.252. The molecule has 1 heterocycles. The summed E-state index contributed by atoms with van der Waals surface area (Å²) < 4.78 is 0. The van der Waals surface area contributed by atoms with Gasteiger partial charge in [0.2, 0.25) is 0 Å². The van der Waals surface area contributed by atoms with Crippen LogP contribution < -0.4 is 11.1 Å².